The normalized spacial score (nSPS) is 22.1. The van der Waals surface area contributed by atoms with E-state index in [1.165, 1.54) is 0 Å². The molecule has 4 rings (SSSR count). The number of benzene rings is 1. The van der Waals surface area contributed by atoms with Gasteiger partial charge in [0.2, 0.25) is 0 Å². The van der Waals surface area contributed by atoms with Crippen molar-refractivity contribution in [3.63, 3.8) is 0 Å². The number of morpholine rings is 1. The number of carbonyl (C=O) groups excluding carboxylic acids is 2. The van der Waals surface area contributed by atoms with Crippen LogP contribution in [0.1, 0.15) is 19.4 Å². The molecule has 35 heavy (non-hydrogen) atoms. The van der Waals surface area contributed by atoms with Crippen LogP contribution < -0.4 is 0 Å². The maximum Gasteiger partial charge on any atom is 0.337 e. The van der Waals surface area contributed by atoms with Crippen molar-refractivity contribution in [2.24, 2.45) is 11.0 Å². The predicted octanol–water partition coefficient (Wildman–Crippen LogP) is 1.97. The van der Waals surface area contributed by atoms with Gasteiger partial charge in [-0.1, -0.05) is 30.3 Å². The van der Waals surface area contributed by atoms with Crippen LogP contribution in [0, 0.1) is 5.92 Å². The minimum atomic E-state index is -0.827. The number of amidine groups is 1. The smallest absolute Gasteiger partial charge is 0.337 e. The molecule has 0 aromatic heterocycles. The lowest BCUT2D eigenvalue weighted by Gasteiger charge is -2.36. The van der Waals surface area contributed by atoms with Crippen LogP contribution in [0.25, 0.3) is 5.57 Å². The summed E-state index contributed by atoms with van der Waals surface area (Å²) in [5.41, 5.74) is 2.68. The van der Waals surface area contributed by atoms with Gasteiger partial charge in [0.05, 0.1) is 43.7 Å². The average Bonchev–Trinajstić information content (AvgIpc) is 3.18. The van der Waals surface area contributed by atoms with Crippen LogP contribution in [0.5, 0.6) is 0 Å². The molecule has 3 heterocycles. The van der Waals surface area contributed by atoms with E-state index in [1.54, 1.807) is 13.8 Å². The molecule has 9 nitrogen and oxygen atoms in total. The van der Waals surface area contributed by atoms with Gasteiger partial charge >= 0.3 is 11.9 Å². The van der Waals surface area contributed by atoms with Gasteiger partial charge in [-0.25, -0.2) is 4.79 Å². The Kier molecular flexibility index (Phi) is 7.87. The highest BCUT2D eigenvalue weighted by Crippen LogP contribution is 2.45. The molecular weight excluding hydrogens is 448 g/mol. The monoisotopic (exact) mass is 482 g/mol. The number of likely N-dealkylation sites (N-methyl/N-ethyl adjacent to an activating group) is 1. The lowest BCUT2D eigenvalue weighted by atomic mass is 9.91. The number of hydrogen-bond acceptors (Lipinski definition) is 9. The molecule has 1 saturated heterocycles. The third-order valence-corrected chi connectivity index (χ3v) is 6.24. The molecule has 0 radical (unpaired) electrons. The second-order valence-electron chi connectivity index (χ2n) is 8.87. The highest BCUT2D eigenvalue weighted by Gasteiger charge is 2.51. The number of esters is 2. The van der Waals surface area contributed by atoms with Crippen molar-refractivity contribution in [1.29, 1.82) is 0 Å². The topological polar surface area (TPSA) is 83.9 Å². The van der Waals surface area contributed by atoms with E-state index in [9.17, 15) is 9.59 Å². The zero-order valence-electron chi connectivity index (χ0n) is 20.9. The Labute approximate surface area is 206 Å². The van der Waals surface area contributed by atoms with Gasteiger partial charge in [-0.3, -0.25) is 9.80 Å². The average molecular weight is 483 g/mol. The number of hydrogen-bond donors (Lipinski definition) is 0. The molecule has 0 amide bonds. The van der Waals surface area contributed by atoms with Crippen molar-refractivity contribution in [2.45, 2.75) is 19.9 Å². The summed E-state index contributed by atoms with van der Waals surface area (Å²) in [6.45, 7) is 7.13. The van der Waals surface area contributed by atoms with Crippen LogP contribution in [0.15, 0.2) is 52.8 Å². The number of ether oxygens (including phenoxy) is 3. The fourth-order valence-electron chi connectivity index (χ4n) is 4.78. The Balaban J connectivity index is 1.93. The van der Waals surface area contributed by atoms with Gasteiger partial charge in [-0.05, 0) is 39.6 Å². The summed E-state index contributed by atoms with van der Waals surface area (Å²) in [4.78, 5) is 30.9. The molecule has 3 aliphatic rings. The van der Waals surface area contributed by atoms with Crippen LogP contribution in [0.3, 0.4) is 0 Å². The number of allylic oxidation sites excluding steroid dienone is 1. The van der Waals surface area contributed by atoms with E-state index in [0.29, 0.717) is 44.1 Å². The minimum Gasteiger partial charge on any atom is -0.465 e. The molecule has 0 N–H and O–H groups in total. The number of carbonyl (C=O) groups is 2. The first-order valence-electron chi connectivity index (χ1n) is 12.2. The quantitative estimate of drug-likeness (QED) is 0.546. The van der Waals surface area contributed by atoms with Gasteiger partial charge < -0.3 is 24.0 Å². The van der Waals surface area contributed by atoms with Crippen LogP contribution in [-0.2, 0) is 23.8 Å². The molecular formula is C26H34N4O5. The largest absolute Gasteiger partial charge is 0.465 e. The molecule has 2 unspecified atom stereocenters. The van der Waals surface area contributed by atoms with Crippen molar-refractivity contribution in [2.75, 3.05) is 60.2 Å². The number of fused-ring (bicyclic) bond motifs is 1. The van der Waals surface area contributed by atoms with E-state index in [4.69, 9.17) is 19.3 Å². The summed E-state index contributed by atoms with van der Waals surface area (Å²) < 4.78 is 16.5. The third kappa shape index (κ3) is 5.11. The van der Waals surface area contributed by atoms with Crippen molar-refractivity contribution >= 4 is 23.3 Å². The molecule has 9 heteroatoms. The molecule has 3 aliphatic heterocycles. The maximum absolute atomic E-state index is 13.4. The van der Waals surface area contributed by atoms with E-state index < -0.39 is 23.9 Å². The first-order chi connectivity index (χ1) is 17.0. The lowest BCUT2D eigenvalue weighted by Crippen LogP contribution is -2.46. The molecule has 0 spiro atoms. The van der Waals surface area contributed by atoms with Crippen molar-refractivity contribution in [1.82, 2.24) is 14.8 Å². The number of hydrazone groups is 1. The first kappa shape index (κ1) is 24.9. The van der Waals surface area contributed by atoms with Crippen LogP contribution in [-0.4, -0.2) is 98.8 Å². The minimum absolute atomic E-state index is 0.205. The van der Waals surface area contributed by atoms with Crippen LogP contribution in [0.4, 0.5) is 0 Å². The molecule has 1 aromatic rings. The summed E-state index contributed by atoms with van der Waals surface area (Å²) in [6.07, 6.45) is 2.01. The summed E-state index contributed by atoms with van der Waals surface area (Å²) in [5.74, 6) is -1.00. The third-order valence-electron chi connectivity index (χ3n) is 6.24. The number of rotatable bonds is 7. The van der Waals surface area contributed by atoms with E-state index in [2.05, 4.69) is 4.90 Å². The van der Waals surface area contributed by atoms with E-state index in [-0.39, 0.29) is 13.2 Å². The molecule has 1 fully saturated rings. The van der Waals surface area contributed by atoms with Gasteiger partial charge in [0.25, 0.3) is 0 Å². The zero-order valence-corrected chi connectivity index (χ0v) is 20.9. The lowest BCUT2D eigenvalue weighted by molar-refractivity contribution is -0.151. The predicted molar refractivity (Wildman–Crippen MR) is 132 cm³/mol. The Morgan fingerprint density at radius 3 is 2.40 bits per heavy atom. The standard InChI is InChI=1S/C26H34N4O5/c1-5-34-25(31)22-20(17-28(3)4)30-24(23(22)26(32)35-6-2)19(18-10-8-7-9-11-18)16-21(27-30)29-12-14-33-15-13-29/h7-11,16,20,22H,5-6,12-15,17H2,1-4H3. The van der Waals surface area contributed by atoms with Gasteiger partial charge in [0.15, 0.2) is 0 Å². The SMILES string of the molecule is CCOC(=O)C1=C2C(c3ccccc3)=CC(N3CCOCC3)=NN2C(CN(C)C)C1C(=O)OCC. The summed E-state index contributed by atoms with van der Waals surface area (Å²) >= 11 is 0. The summed E-state index contributed by atoms with van der Waals surface area (Å²) in [7, 11) is 3.88. The Bertz CT molecular complexity index is 1030. The van der Waals surface area contributed by atoms with E-state index in [1.807, 2.05) is 60.4 Å². The highest BCUT2D eigenvalue weighted by atomic mass is 16.5. The van der Waals surface area contributed by atoms with Gasteiger partial charge in [-0.15, -0.1) is 0 Å². The van der Waals surface area contributed by atoms with Crippen molar-refractivity contribution in [3.8, 4) is 0 Å². The summed E-state index contributed by atoms with van der Waals surface area (Å²) in [5, 5.41) is 6.86. The fraction of sp³-hybridized carbons (Fsp3) is 0.500. The number of nitrogens with zero attached hydrogens (tertiary/aromatic N) is 4. The highest BCUT2D eigenvalue weighted by molar-refractivity contribution is 6.08. The Hall–Kier alpha value is -3.17. The fourth-order valence-corrected chi connectivity index (χ4v) is 4.78. The van der Waals surface area contributed by atoms with E-state index in [0.717, 1.165) is 17.0 Å². The Morgan fingerprint density at radius 2 is 1.77 bits per heavy atom. The first-order valence-corrected chi connectivity index (χ1v) is 12.2. The van der Waals surface area contributed by atoms with Crippen molar-refractivity contribution in [3.05, 3.63) is 53.2 Å². The molecule has 188 valence electrons. The van der Waals surface area contributed by atoms with E-state index >= 15 is 0 Å². The summed E-state index contributed by atoms with van der Waals surface area (Å²) in [6, 6.07) is 9.44. The van der Waals surface area contributed by atoms with Gasteiger partial charge in [0.1, 0.15) is 11.8 Å². The van der Waals surface area contributed by atoms with Crippen molar-refractivity contribution < 1.29 is 23.8 Å². The van der Waals surface area contributed by atoms with Crippen LogP contribution >= 0.6 is 0 Å². The molecule has 2 atom stereocenters. The molecule has 0 saturated carbocycles. The van der Waals surface area contributed by atoms with Gasteiger partial charge in [0, 0.05) is 25.2 Å². The van der Waals surface area contributed by atoms with Crippen LogP contribution in [0.2, 0.25) is 0 Å². The second kappa shape index (κ2) is 11.0. The molecule has 0 bridgehead atoms. The second-order valence-corrected chi connectivity index (χ2v) is 8.87. The molecule has 0 aliphatic carbocycles. The van der Waals surface area contributed by atoms with Gasteiger partial charge in [-0.2, -0.15) is 5.10 Å². The maximum atomic E-state index is 13.4. The Morgan fingerprint density at radius 1 is 1.09 bits per heavy atom. The molecule has 1 aromatic carbocycles. The zero-order chi connectivity index (χ0) is 24.9.